The Morgan fingerprint density at radius 3 is 1.86 bits per heavy atom. The summed E-state index contributed by atoms with van der Waals surface area (Å²) < 4.78 is 21.5. The van der Waals surface area contributed by atoms with E-state index in [4.69, 9.17) is 18.9 Å². The molecule has 0 fully saturated rings. The van der Waals surface area contributed by atoms with Gasteiger partial charge in [-0.05, 0) is 19.1 Å². The molecular formula is C16H18O5S. The highest BCUT2D eigenvalue weighted by Crippen LogP contribution is 2.46. The minimum Gasteiger partial charge on any atom is -0.494 e. The van der Waals surface area contributed by atoms with Crippen molar-refractivity contribution in [3.05, 3.63) is 23.1 Å². The summed E-state index contributed by atoms with van der Waals surface area (Å²) in [6, 6.07) is 3.67. The molecule has 1 aromatic heterocycles. The van der Waals surface area contributed by atoms with Crippen LogP contribution >= 0.6 is 11.3 Å². The Labute approximate surface area is 133 Å². The summed E-state index contributed by atoms with van der Waals surface area (Å²) in [5.41, 5.74) is 1.40. The largest absolute Gasteiger partial charge is 0.494 e. The zero-order valence-electron chi connectivity index (χ0n) is 13.2. The second-order valence-electron chi connectivity index (χ2n) is 4.48. The van der Waals surface area contributed by atoms with Gasteiger partial charge in [0.2, 0.25) is 5.75 Å². The smallest absolute Gasteiger partial charge is 0.203 e. The van der Waals surface area contributed by atoms with E-state index in [0.717, 1.165) is 10.4 Å². The summed E-state index contributed by atoms with van der Waals surface area (Å²) in [5.74, 6) is 2.16. The number of benzene rings is 1. The van der Waals surface area contributed by atoms with Gasteiger partial charge in [0.15, 0.2) is 17.3 Å². The SMILES string of the molecule is COc1cc(-c2scc(C(C)=O)c2OC)cc(OC)c1OC. The molecule has 0 saturated carbocycles. The molecule has 6 heteroatoms. The van der Waals surface area contributed by atoms with Crippen molar-refractivity contribution >= 4 is 17.1 Å². The van der Waals surface area contributed by atoms with Gasteiger partial charge in [-0.3, -0.25) is 4.79 Å². The topological polar surface area (TPSA) is 54.0 Å². The molecule has 118 valence electrons. The van der Waals surface area contributed by atoms with E-state index in [1.807, 2.05) is 12.1 Å². The highest BCUT2D eigenvalue weighted by molar-refractivity contribution is 7.14. The highest BCUT2D eigenvalue weighted by atomic mass is 32.1. The van der Waals surface area contributed by atoms with E-state index in [1.165, 1.54) is 18.3 Å². The van der Waals surface area contributed by atoms with Crippen LogP contribution < -0.4 is 18.9 Å². The zero-order chi connectivity index (χ0) is 16.3. The monoisotopic (exact) mass is 322 g/mol. The molecule has 2 rings (SSSR count). The highest BCUT2D eigenvalue weighted by Gasteiger charge is 2.20. The Hall–Kier alpha value is -2.21. The molecule has 0 aliphatic carbocycles. The molecule has 0 amide bonds. The quantitative estimate of drug-likeness (QED) is 0.760. The fourth-order valence-corrected chi connectivity index (χ4v) is 3.27. The van der Waals surface area contributed by atoms with E-state index >= 15 is 0 Å². The van der Waals surface area contributed by atoms with Gasteiger partial charge in [0.05, 0.1) is 38.9 Å². The molecular weight excluding hydrogens is 304 g/mol. The van der Waals surface area contributed by atoms with Crippen LogP contribution in [0.1, 0.15) is 17.3 Å². The van der Waals surface area contributed by atoms with E-state index in [9.17, 15) is 4.79 Å². The van der Waals surface area contributed by atoms with Gasteiger partial charge in [-0.15, -0.1) is 11.3 Å². The van der Waals surface area contributed by atoms with Crippen LogP contribution in [0.4, 0.5) is 0 Å². The number of methoxy groups -OCH3 is 4. The maximum Gasteiger partial charge on any atom is 0.203 e. The van der Waals surface area contributed by atoms with Crippen molar-refractivity contribution in [2.75, 3.05) is 28.4 Å². The molecule has 5 nitrogen and oxygen atoms in total. The molecule has 0 atom stereocenters. The second kappa shape index (κ2) is 6.70. The maximum absolute atomic E-state index is 11.7. The number of carbonyl (C=O) groups is 1. The molecule has 0 saturated heterocycles. The Bertz CT molecular complexity index is 665. The fraction of sp³-hybridized carbons (Fsp3) is 0.312. The Morgan fingerprint density at radius 1 is 0.909 bits per heavy atom. The van der Waals surface area contributed by atoms with Crippen molar-refractivity contribution in [1.29, 1.82) is 0 Å². The van der Waals surface area contributed by atoms with Crippen molar-refractivity contribution in [3.63, 3.8) is 0 Å². The van der Waals surface area contributed by atoms with Gasteiger partial charge in [0.25, 0.3) is 0 Å². The Balaban J connectivity index is 2.65. The van der Waals surface area contributed by atoms with Crippen molar-refractivity contribution in [2.45, 2.75) is 6.92 Å². The van der Waals surface area contributed by atoms with Gasteiger partial charge in [0.1, 0.15) is 5.75 Å². The van der Waals surface area contributed by atoms with Crippen molar-refractivity contribution < 1.29 is 23.7 Å². The Morgan fingerprint density at radius 2 is 1.45 bits per heavy atom. The summed E-state index contributed by atoms with van der Waals surface area (Å²) in [7, 11) is 6.23. The van der Waals surface area contributed by atoms with Crippen LogP contribution in [0.25, 0.3) is 10.4 Å². The lowest BCUT2D eigenvalue weighted by atomic mass is 10.1. The van der Waals surface area contributed by atoms with E-state index in [0.29, 0.717) is 28.6 Å². The summed E-state index contributed by atoms with van der Waals surface area (Å²) in [4.78, 5) is 12.5. The zero-order valence-corrected chi connectivity index (χ0v) is 14.0. The first-order chi connectivity index (χ1) is 10.6. The lowest BCUT2D eigenvalue weighted by Gasteiger charge is -2.14. The molecule has 2 aromatic rings. The average molecular weight is 322 g/mol. The molecule has 0 radical (unpaired) electrons. The first-order valence-corrected chi connectivity index (χ1v) is 7.42. The second-order valence-corrected chi connectivity index (χ2v) is 5.36. The van der Waals surface area contributed by atoms with Crippen LogP contribution in [0.3, 0.4) is 0 Å². The van der Waals surface area contributed by atoms with Crippen LogP contribution in [0.2, 0.25) is 0 Å². The van der Waals surface area contributed by atoms with Gasteiger partial charge in [0, 0.05) is 10.9 Å². The van der Waals surface area contributed by atoms with E-state index in [-0.39, 0.29) is 5.78 Å². The normalized spacial score (nSPS) is 10.2. The third-order valence-corrected chi connectivity index (χ3v) is 4.27. The standard InChI is InChI=1S/C16H18O5S/c1-9(17)11-8-22-16(14(11)20-4)10-6-12(18-2)15(21-5)13(7-10)19-3/h6-8H,1-5H3. The van der Waals surface area contributed by atoms with Crippen molar-refractivity contribution in [1.82, 2.24) is 0 Å². The summed E-state index contributed by atoms with van der Waals surface area (Å²) in [6.07, 6.45) is 0. The summed E-state index contributed by atoms with van der Waals surface area (Å²) in [6.45, 7) is 1.52. The minimum absolute atomic E-state index is 0.0354. The first kappa shape index (κ1) is 16.2. The number of ketones is 1. The molecule has 0 spiro atoms. The number of rotatable bonds is 6. The molecule has 22 heavy (non-hydrogen) atoms. The number of Topliss-reactive ketones (excluding diaryl/α,β-unsaturated/α-hetero) is 1. The number of hydrogen-bond donors (Lipinski definition) is 0. The predicted molar refractivity (Wildman–Crippen MR) is 86.0 cm³/mol. The third kappa shape index (κ3) is 2.74. The summed E-state index contributed by atoms with van der Waals surface area (Å²) in [5, 5.41) is 1.79. The van der Waals surface area contributed by atoms with E-state index in [2.05, 4.69) is 0 Å². The van der Waals surface area contributed by atoms with Gasteiger partial charge in [-0.1, -0.05) is 0 Å². The maximum atomic E-state index is 11.7. The van der Waals surface area contributed by atoms with Crippen LogP contribution in [0.15, 0.2) is 17.5 Å². The van der Waals surface area contributed by atoms with Crippen LogP contribution in [-0.2, 0) is 0 Å². The number of ether oxygens (including phenoxy) is 4. The molecule has 1 heterocycles. The predicted octanol–water partition coefficient (Wildman–Crippen LogP) is 3.65. The minimum atomic E-state index is -0.0354. The molecule has 1 aromatic carbocycles. The average Bonchev–Trinajstić information content (AvgIpc) is 2.97. The third-order valence-electron chi connectivity index (χ3n) is 3.26. The Kier molecular flexibility index (Phi) is 4.92. The molecule has 0 bridgehead atoms. The summed E-state index contributed by atoms with van der Waals surface area (Å²) >= 11 is 1.44. The van der Waals surface area contributed by atoms with Crippen LogP contribution in [0, 0.1) is 0 Å². The van der Waals surface area contributed by atoms with Crippen LogP contribution in [-0.4, -0.2) is 34.2 Å². The molecule has 0 N–H and O–H groups in total. The molecule has 0 unspecified atom stereocenters. The van der Waals surface area contributed by atoms with Gasteiger partial charge in [-0.25, -0.2) is 0 Å². The van der Waals surface area contributed by atoms with Gasteiger partial charge >= 0.3 is 0 Å². The van der Waals surface area contributed by atoms with E-state index in [1.54, 1.807) is 33.8 Å². The number of carbonyl (C=O) groups excluding carboxylic acids is 1. The van der Waals surface area contributed by atoms with Crippen LogP contribution in [0.5, 0.6) is 23.0 Å². The van der Waals surface area contributed by atoms with E-state index < -0.39 is 0 Å². The van der Waals surface area contributed by atoms with Crippen molar-refractivity contribution in [3.8, 4) is 33.4 Å². The molecule has 0 aliphatic rings. The lowest BCUT2D eigenvalue weighted by Crippen LogP contribution is -1.97. The molecule has 0 aliphatic heterocycles. The van der Waals surface area contributed by atoms with Gasteiger partial charge < -0.3 is 18.9 Å². The van der Waals surface area contributed by atoms with Gasteiger partial charge in [-0.2, -0.15) is 0 Å². The number of thiophene rings is 1. The lowest BCUT2D eigenvalue weighted by molar-refractivity contribution is 0.101. The first-order valence-electron chi connectivity index (χ1n) is 6.54. The number of hydrogen-bond acceptors (Lipinski definition) is 6. The van der Waals surface area contributed by atoms with Crippen molar-refractivity contribution in [2.24, 2.45) is 0 Å². The fourth-order valence-electron chi connectivity index (χ4n) is 2.20.